The summed E-state index contributed by atoms with van der Waals surface area (Å²) in [4.78, 5) is 0. The van der Waals surface area contributed by atoms with Crippen LogP contribution in [0.3, 0.4) is 0 Å². The Labute approximate surface area is 413 Å². The summed E-state index contributed by atoms with van der Waals surface area (Å²) in [6.45, 7) is 13.7. The summed E-state index contributed by atoms with van der Waals surface area (Å²) in [5.41, 5.74) is 0. The van der Waals surface area contributed by atoms with Gasteiger partial charge in [0, 0.05) is 20.4 Å². The van der Waals surface area contributed by atoms with Crippen molar-refractivity contribution in [2.75, 3.05) is 37.0 Å². The number of hydrogen-bond acceptors (Lipinski definition) is 6. The maximum absolute atomic E-state index is 13.0. The molecule has 352 valence electrons. The van der Waals surface area contributed by atoms with Gasteiger partial charge in [-0.3, -0.25) is 0 Å². The Hall–Kier alpha value is -3.18. The third-order valence-electron chi connectivity index (χ3n) is 8.77. The standard InChI is InChI=1S/6C6H5FO.2C6H15P.Pd.2Sn/c6*7-5-1-3-6(8)4-2-5;2*1-4-7(5-2)6-3;;;/h6*1-4,8H;2*4-6H2,1-3H3;;;/q;;;;;;;;;2*+3/p-6. The predicted molar refractivity (Wildman–Crippen MR) is 251 cm³/mol. The molecule has 0 aliphatic heterocycles. The van der Waals surface area contributed by atoms with Crippen LogP contribution in [-0.4, -0.2) is 79.0 Å². The van der Waals surface area contributed by atoms with Crippen molar-refractivity contribution < 1.29 is 65.2 Å². The van der Waals surface area contributed by atoms with Crippen LogP contribution < -0.4 is 18.4 Å². The van der Waals surface area contributed by atoms with Gasteiger partial charge in [-0.05, 0) is 37.0 Å². The monoisotopic (exact) mass is 1250 g/mol. The molecule has 0 saturated heterocycles. The molecule has 0 bridgehead atoms. The van der Waals surface area contributed by atoms with Gasteiger partial charge in [-0.1, -0.05) is 41.5 Å². The van der Waals surface area contributed by atoms with Crippen LogP contribution in [0.2, 0.25) is 0 Å². The van der Waals surface area contributed by atoms with E-state index >= 15 is 0 Å². The van der Waals surface area contributed by atoms with E-state index in [1.54, 1.807) is 0 Å². The Balaban J connectivity index is 0.000000343. The van der Waals surface area contributed by atoms with E-state index in [-0.39, 0.29) is 20.4 Å². The average Bonchev–Trinajstić information content (AvgIpc) is 3.30. The van der Waals surface area contributed by atoms with E-state index in [0.29, 0.717) is 50.3 Å². The molecule has 0 saturated carbocycles. The fraction of sp³-hybridized carbons (Fsp3) is 0.250. The molecule has 0 unspecified atom stereocenters. The van der Waals surface area contributed by atoms with Gasteiger partial charge in [0.1, 0.15) is 0 Å². The largest absolute Gasteiger partial charge is 0 e. The van der Waals surface area contributed by atoms with E-state index in [4.69, 9.17) is 18.4 Å². The molecule has 0 heterocycles. The first-order valence-electron chi connectivity index (χ1n) is 20.7. The molecule has 17 heteroatoms. The summed E-state index contributed by atoms with van der Waals surface area (Å²) in [6, 6.07) is 32.5. The van der Waals surface area contributed by atoms with E-state index in [1.807, 2.05) is 0 Å². The van der Waals surface area contributed by atoms with Crippen LogP contribution in [0.25, 0.3) is 0 Å². The van der Waals surface area contributed by atoms with Crippen molar-refractivity contribution in [2.45, 2.75) is 41.5 Å². The van der Waals surface area contributed by atoms with Crippen molar-refractivity contribution in [3.05, 3.63) is 180 Å². The zero-order chi connectivity index (χ0) is 46.7. The van der Waals surface area contributed by atoms with Gasteiger partial charge in [-0.25, -0.2) is 0 Å². The third-order valence-corrected chi connectivity index (χ3v) is 21.0. The minimum Gasteiger partial charge on any atom is 0 e. The molecule has 0 aromatic heterocycles. The first kappa shape index (κ1) is 57.9. The molecular weight excluding hydrogens is 1190 g/mol. The van der Waals surface area contributed by atoms with Crippen LogP contribution in [0.5, 0.6) is 34.5 Å². The van der Waals surface area contributed by atoms with Gasteiger partial charge in [-0.15, -0.1) is 15.8 Å². The van der Waals surface area contributed by atoms with Crippen LogP contribution in [0.1, 0.15) is 41.5 Å². The summed E-state index contributed by atoms with van der Waals surface area (Å²) in [6.07, 6.45) is 8.51. The average molecular weight is 1250 g/mol. The topological polar surface area (TPSA) is 55.4 Å². The summed E-state index contributed by atoms with van der Waals surface area (Å²) in [5, 5.41) is 0. The van der Waals surface area contributed by atoms with Gasteiger partial charge in [0.05, 0.1) is 0 Å². The van der Waals surface area contributed by atoms with Crippen molar-refractivity contribution in [3.63, 3.8) is 0 Å². The summed E-state index contributed by atoms with van der Waals surface area (Å²) < 4.78 is 113. The minimum atomic E-state index is -3.49. The van der Waals surface area contributed by atoms with Gasteiger partial charge in [0.2, 0.25) is 0 Å². The zero-order valence-electron chi connectivity index (χ0n) is 37.0. The SMILES string of the molecule is CCP(CC)CC.CCP(CC)CC.Fc1ccc([O][Sn]([O]c2ccc(F)cc2)[O]c2ccc(F)cc2)cc1.Fc1ccc([O][Sn]([O]c2ccc(F)cc2)[O]c2ccc(F)cc2)cc1.[Pd]. The summed E-state index contributed by atoms with van der Waals surface area (Å²) in [7, 11) is 0.892. The Morgan fingerprint density at radius 2 is 0.400 bits per heavy atom. The van der Waals surface area contributed by atoms with Crippen molar-refractivity contribution >= 4 is 57.8 Å². The molecule has 65 heavy (non-hydrogen) atoms. The van der Waals surface area contributed by atoms with Gasteiger partial charge in [-0.2, -0.15) is 0 Å². The van der Waals surface area contributed by atoms with Gasteiger partial charge in [0.25, 0.3) is 0 Å². The number of hydrogen-bond donors (Lipinski definition) is 0. The van der Waals surface area contributed by atoms with Crippen LogP contribution in [0.4, 0.5) is 26.3 Å². The van der Waals surface area contributed by atoms with E-state index in [0.717, 1.165) is 0 Å². The second-order valence-electron chi connectivity index (χ2n) is 13.1. The predicted octanol–water partition coefficient (Wildman–Crippen LogP) is 14.3. The Morgan fingerprint density at radius 3 is 0.492 bits per heavy atom. The Morgan fingerprint density at radius 1 is 0.277 bits per heavy atom. The van der Waals surface area contributed by atoms with E-state index in [1.165, 1.54) is 183 Å². The first-order valence-corrected chi connectivity index (χ1v) is 31.4. The van der Waals surface area contributed by atoms with E-state index < -0.39 is 76.9 Å². The molecule has 0 aliphatic carbocycles. The molecule has 0 N–H and O–H groups in total. The molecular formula is C48H54F6O6P2PdSn2. The van der Waals surface area contributed by atoms with Gasteiger partial charge < -0.3 is 0 Å². The maximum atomic E-state index is 13.0. The van der Waals surface area contributed by atoms with E-state index in [2.05, 4.69) is 41.5 Å². The number of halogens is 6. The fourth-order valence-electron chi connectivity index (χ4n) is 5.06. The smallest absolute Gasteiger partial charge is 0 e. The molecule has 0 aliphatic rings. The molecule has 0 amide bonds. The van der Waals surface area contributed by atoms with Crippen LogP contribution in [0.15, 0.2) is 146 Å². The molecule has 2 radical (unpaired) electrons. The van der Waals surface area contributed by atoms with Crippen molar-refractivity contribution in [3.8, 4) is 34.5 Å². The third kappa shape index (κ3) is 24.4. The van der Waals surface area contributed by atoms with Crippen LogP contribution in [-0.2, 0) is 20.4 Å². The Kier molecular flexibility index (Phi) is 29.7. The molecule has 0 fully saturated rings. The number of rotatable bonds is 18. The molecule has 6 aromatic rings. The van der Waals surface area contributed by atoms with Crippen molar-refractivity contribution in [2.24, 2.45) is 0 Å². The summed E-state index contributed by atoms with van der Waals surface area (Å²) >= 11 is -6.97. The zero-order valence-corrected chi connectivity index (χ0v) is 46.1. The molecule has 6 aromatic carbocycles. The van der Waals surface area contributed by atoms with Crippen molar-refractivity contribution in [1.82, 2.24) is 0 Å². The van der Waals surface area contributed by atoms with Crippen LogP contribution >= 0.6 is 15.8 Å². The Bertz CT molecular complexity index is 1740. The molecule has 0 atom stereocenters. The molecule has 6 rings (SSSR count). The molecule has 0 spiro atoms. The summed E-state index contributed by atoms with van der Waals surface area (Å²) in [5.74, 6) is -0.0198. The van der Waals surface area contributed by atoms with E-state index in [9.17, 15) is 26.3 Å². The van der Waals surface area contributed by atoms with Crippen molar-refractivity contribution in [1.29, 1.82) is 0 Å². The second kappa shape index (κ2) is 33.3. The van der Waals surface area contributed by atoms with Gasteiger partial charge >= 0.3 is 302 Å². The minimum absolute atomic E-state index is 0. The number of benzene rings is 6. The normalized spacial score (nSPS) is 10.3. The quantitative estimate of drug-likeness (QED) is 0.0486. The maximum Gasteiger partial charge on any atom is 0 e. The first-order chi connectivity index (χ1) is 30.9. The molecule has 6 nitrogen and oxygen atoms in total. The second-order valence-corrected chi connectivity index (χ2v) is 25.9. The van der Waals surface area contributed by atoms with Crippen LogP contribution in [0, 0.1) is 34.9 Å². The van der Waals surface area contributed by atoms with Gasteiger partial charge in [0.15, 0.2) is 0 Å². The fourth-order valence-corrected chi connectivity index (χ4v) is 14.1.